The number of hydrogen-bond acceptors (Lipinski definition) is 3. The van der Waals surface area contributed by atoms with Gasteiger partial charge in [0.25, 0.3) is 0 Å². The molecule has 0 aliphatic rings. The van der Waals surface area contributed by atoms with E-state index in [-0.39, 0.29) is 0 Å². The average molecular weight is 667 g/mol. The van der Waals surface area contributed by atoms with E-state index in [2.05, 4.69) is 149 Å². The van der Waals surface area contributed by atoms with Gasteiger partial charge < -0.3 is 0 Å². The van der Waals surface area contributed by atoms with Crippen LogP contribution in [0.1, 0.15) is 0 Å². The standard InChI is InChI=1S/C43H29N3Se/c47-40-36(30-15-6-2-7-16-30)22-12-24-38(40)37-23-11-19-31-25-26-35(28-39(31)37)43-45-41(32-17-8-3-9-18-32)44-42(46-43)34-21-10-20-33(27-34)29-13-4-1-5-14-29/h1-28,47H. The van der Waals surface area contributed by atoms with Crippen LogP contribution in [0.15, 0.2) is 170 Å². The predicted octanol–water partition coefficient (Wildman–Crippen LogP) is 9.55. The van der Waals surface area contributed by atoms with E-state index in [1.165, 1.54) is 26.7 Å². The van der Waals surface area contributed by atoms with Gasteiger partial charge in [-0.05, 0) is 5.56 Å². The Morgan fingerprint density at radius 3 is 1.51 bits per heavy atom. The Hall–Kier alpha value is -5.67. The molecule has 0 atom stereocenters. The van der Waals surface area contributed by atoms with Crippen LogP contribution >= 0.6 is 0 Å². The van der Waals surface area contributed by atoms with Crippen LogP contribution in [0.25, 0.3) is 78.3 Å². The molecule has 222 valence electrons. The third-order valence-corrected chi connectivity index (χ3v) is 9.46. The van der Waals surface area contributed by atoms with E-state index in [0.29, 0.717) is 17.5 Å². The molecule has 0 aliphatic carbocycles. The van der Waals surface area contributed by atoms with Gasteiger partial charge in [-0.25, -0.2) is 0 Å². The summed E-state index contributed by atoms with van der Waals surface area (Å²) in [6, 6.07) is 59.0. The Balaban J connectivity index is 1.28. The van der Waals surface area contributed by atoms with E-state index in [4.69, 9.17) is 15.0 Å². The van der Waals surface area contributed by atoms with Crippen LogP contribution in [0.5, 0.6) is 0 Å². The average Bonchev–Trinajstić information content (AvgIpc) is 3.15. The zero-order chi connectivity index (χ0) is 31.6. The van der Waals surface area contributed by atoms with Crippen molar-refractivity contribution < 1.29 is 0 Å². The van der Waals surface area contributed by atoms with Gasteiger partial charge in [0, 0.05) is 0 Å². The fourth-order valence-corrected chi connectivity index (χ4v) is 6.91. The summed E-state index contributed by atoms with van der Waals surface area (Å²) < 4.78 is 1.19. The van der Waals surface area contributed by atoms with Crippen LogP contribution < -0.4 is 4.46 Å². The van der Waals surface area contributed by atoms with Gasteiger partial charge in [0.1, 0.15) is 0 Å². The molecule has 0 radical (unpaired) electrons. The van der Waals surface area contributed by atoms with Crippen molar-refractivity contribution in [3.05, 3.63) is 170 Å². The van der Waals surface area contributed by atoms with Gasteiger partial charge in [0.15, 0.2) is 0 Å². The van der Waals surface area contributed by atoms with Gasteiger partial charge in [-0.1, -0.05) is 42.5 Å². The van der Waals surface area contributed by atoms with Crippen molar-refractivity contribution in [2.75, 3.05) is 0 Å². The molecule has 0 saturated heterocycles. The molecule has 8 aromatic rings. The van der Waals surface area contributed by atoms with Crippen molar-refractivity contribution in [3.8, 4) is 67.5 Å². The van der Waals surface area contributed by atoms with Gasteiger partial charge in [-0.3, -0.25) is 0 Å². The van der Waals surface area contributed by atoms with Gasteiger partial charge in [0.2, 0.25) is 0 Å². The molecule has 1 heterocycles. The van der Waals surface area contributed by atoms with Crippen LogP contribution in [0.3, 0.4) is 0 Å². The van der Waals surface area contributed by atoms with Crippen molar-refractivity contribution in [2.24, 2.45) is 0 Å². The van der Waals surface area contributed by atoms with Crippen molar-refractivity contribution in [1.29, 1.82) is 0 Å². The number of fused-ring (bicyclic) bond motifs is 1. The Bertz CT molecular complexity index is 2350. The van der Waals surface area contributed by atoms with Crippen LogP contribution in [0.2, 0.25) is 0 Å². The maximum atomic E-state index is 5.09. The number of nitrogens with zero attached hydrogens (tertiary/aromatic N) is 3. The van der Waals surface area contributed by atoms with Crippen LogP contribution in [-0.4, -0.2) is 31.0 Å². The minimum atomic E-state index is 0.640. The topological polar surface area (TPSA) is 38.7 Å². The Labute approximate surface area is 282 Å². The summed E-state index contributed by atoms with van der Waals surface area (Å²) in [6.45, 7) is 0. The first kappa shape index (κ1) is 28.8. The Morgan fingerprint density at radius 2 is 0.809 bits per heavy atom. The minimum absolute atomic E-state index is 0.640. The molecule has 7 aromatic carbocycles. The Morgan fingerprint density at radius 1 is 0.319 bits per heavy atom. The third-order valence-electron chi connectivity index (χ3n) is 8.45. The fraction of sp³-hybridized carbons (Fsp3) is 0. The second-order valence-corrected chi connectivity index (χ2v) is 12.4. The molecule has 0 unspecified atom stereocenters. The van der Waals surface area contributed by atoms with Gasteiger partial charge in [-0.2, -0.15) is 0 Å². The normalized spacial score (nSPS) is 11.1. The predicted molar refractivity (Wildman–Crippen MR) is 197 cm³/mol. The van der Waals surface area contributed by atoms with E-state index < -0.39 is 0 Å². The molecule has 0 fully saturated rings. The van der Waals surface area contributed by atoms with Crippen molar-refractivity contribution in [1.82, 2.24) is 15.0 Å². The molecule has 0 aliphatic heterocycles. The molecule has 0 amide bonds. The summed E-state index contributed by atoms with van der Waals surface area (Å²) in [5.41, 5.74) is 9.88. The number of aromatic nitrogens is 3. The summed E-state index contributed by atoms with van der Waals surface area (Å²) in [4.78, 5) is 15.1. The summed E-state index contributed by atoms with van der Waals surface area (Å²) in [7, 11) is 0. The SMILES string of the molecule is [SeH]c1c(-c2ccccc2)cccc1-c1cccc2ccc(-c3nc(-c4ccccc4)nc(-c4cccc(-c5ccccc5)c4)n3)cc12. The van der Waals surface area contributed by atoms with Crippen LogP contribution in [0.4, 0.5) is 0 Å². The van der Waals surface area contributed by atoms with Gasteiger partial charge in [-0.15, -0.1) is 0 Å². The molecule has 8 rings (SSSR count). The molecular weight excluding hydrogens is 637 g/mol. The summed E-state index contributed by atoms with van der Waals surface area (Å²) in [5, 5.41) is 2.31. The molecule has 0 saturated carbocycles. The third kappa shape index (κ3) is 5.77. The quantitative estimate of drug-likeness (QED) is 0.166. The first-order valence-corrected chi connectivity index (χ1v) is 16.5. The molecule has 3 nitrogen and oxygen atoms in total. The van der Waals surface area contributed by atoms with Crippen LogP contribution in [-0.2, 0) is 0 Å². The molecule has 0 N–H and O–H groups in total. The number of benzene rings is 7. The van der Waals surface area contributed by atoms with Gasteiger partial charge >= 0.3 is 236 Å². The molecule has 1 aromatic heterocycles. The van der Waals surface area contributed by atoms with E-state index in [9.17, 15) is 0 Å². The molecule has 47 heavy (non-hydrogen) atoms. The first-order chi connectivity index (χ1) is 23.2. The second-order valence-electron chi connectivity index (χ2n) is 11.4. The summed E-state index contributed by atoms with van der Waals surface area (Å²) in [6.07, 6.45) is 0. The molecule has 0 spiro atoms. The molecule has 4 heteroatoms. The van der Waals surface area contributed by atoms with Crippen molar-refractivity contribution in [2.45, 2.75) is 0 Å². The Kier molecular flexibility index (Phi) is 7.72. The van der Waals surface area contributed by atoms with Gasteiger partial charge in [0.05, 0.1) is 0 Å². The summed E-state index contributed by atoms with van der Waals surface area (Å²) in [5.74, 6) is 1.93. The zero-order valence-corrected chi connectivity index (χ0v) is 27.3. The van der Waals surface area contributed by atoms with Crippen molar-refractivity contribution >= 4 is 31.2 Å². The maximum absolute atomic E-state index is 5.09. The molecule has 0 bridgehead atoms. The molecular formula is C43H29N3Se. The van der Waals surface area contributed by atoms with E-state index in [1.54, 1.807) is 0 Å². The van der Waals surface area contributed by atoms with Crippen LogP contribution in [0, 0.1) is 0 Å². The van der Waals surface area contributed by atoms with Crippen molar-refractivity contribution in [3.63, 3.8) is 0 Å². The summed E-state index contributed by atoms with van der Waals surface area (Å²) >= 11 is 2.80. The van der Waals surface area contributed by atoms with E-state index in [0.717, 1.165) is 38.6 Å². The monoisotopic (exact) mass is 667 g/mol. The fourth-order valence-electron chi connectivity index (χ4n) is 6.08. The number of rotatable bonds is 6. The first-order valence-electron chi connectivity index (χ1n) is 15.6. The number of hydrogen-bond donors (Lipinski definition) is 0. The van der Waals surface area contributed by atoms with E-state index in [1.807, 2.05) is 36.4 Å². The zero-order valence-electron chi connectivity index (χ0n) is 25.5. The second kappa shape index (κ2) is 12.6. The van der Waals surface area contributed by atoms with E-state index >= 15 is 0 Å².